The molecule has 2 heterocycles. The molecule has 3 nitrogen and oxygen atoms in total. The number of nitrogens with one attached hydrogen (secondary N) is 1. The molecule has 1 saturated heterocycles. The highest BCUT2D eigenvalue weighted by Gasteiger charge is 2.21. The van der Waals surface area contributed by atoms with Gasteiger partial charge in [0.05, 0.1) is 12.9 Å². The van der Waals surface area contributed by atoms with Crippen LogP contribution in [0.3, 0.4) is 0 Å². The molecule has 1 N–H and O–H groups in total. The second-order valence-corrected chi connectivity index (χ2v) is 3.01. The molecule has 0 amide bonds. The molecule has 1 aliphatic rings. The molecule has 0 unspecified atom stereocenters. The van der Waals surface area contributed by atoms with Gasteiger partial charge in [-0.15, -0.1) is 6.42 Å². The molecule has 1 fully saturated rings. The lowest BCUT2D eigenvalue weighted by atomic mass is 10.00. The van der Waals surface area contributed by atoms with Crippen molar-refractivity contribution in [1.29, 1.82) is 0 Å². The third-order valence-corrected chi connectivity index (χ3v) is 2.21. The monoisotopic (exact) mass is 161 g/mol. The highest BCUT2D eigenvalue weighted by atomic mass is 15.1. The molecule has 12 heavy (non-hydrogen) atoms. The third-order valence-electron chi connectivity index (χ3n) is 2.21. The van der Waals surface area contributed by atoms with Gasteiger partial charge in [0.15, 0.2) is 0 Å². The molecule has 0 bridgehead atoms. The van der Waals surface area contributed by atoms with E-state index >= 15 is 0 Å². The van der Waals surface area contributed by atoms with E-state index < -0.39 is 0 Å². The second-order valence-electron chi connectivity index (χ2n) is 3.01. The van der Waals surface area contributed by atoms with E-state index in [9.17, 15) is 0 Å². The van der Waals surface area contributed by atoms with Gasteiger partial charge in [-0.25, -0.2) is 4.98 Å². The van der Waals surface area contributed by atoms with Gasteiger partial charge in [0.1, 0.15) is 0 Å². The standard InChI is InChI=1S/C9H11N3/c1-2-3-12-7-11-6-9(12)8-4-10-5-8/h1,6-8,10H,3-5H2. The van der Waals surface area contributed by atoms with E-state index in [-0.39, 0.29) is 0 Å². The fraction of sp³-hybridized carbons (Fsp3) is 0.444. The fourth-order valence-electron chi connectivity index (χ4n) is 1.40. The van der Waals surface area contributed by atoms with Crippen molar-refractivity contribution in [2.45, 2.75) is 12.5 Å². The predicted octanol–water partition coefficient (Wildman–Crippen LogP) is 0.203. The van der Waals surface area contributed by atoms with Crippen molar-refractivity contribution < 1.29 is 0 Å². The normalized spacial score (nSPS) is 16.9. The number of nitrogens with zero attached hydrogens (tertiary/aromatic N) is 2. The van der Waals surface area contributed by atoms with Crippen LogP contribution in [0.4, 0.5) is 0 Å². The molecule has 62 valence electrons. The highest BCUT2D eigenvalue weighted by molar-refractivity contribution is 5.12. The number of rotatable bonds is 2. The first kappa shape index (κ1) is 7.38. The summed E-state index contributed by atoms with van der Waals surface area (Å²) in [5.74, 6) is 3.23. The van der Waals surface area contributed by atoms with E-state index in [1.165, 1.54) is 5.69 Å². The quantitative estimate of drug-likeness (QED) is 0.628. The van der Waals surface area contributed by atoms with Crippen molar-refractivity contribution in [3.63, 3.8) is 0 Å². The van der Waals surface area contributed by atoms with Gasteiger partial charge in [0.25, 0.3) is 0 Å². The van der Waals surface area contributed by atoms with Crippen LogP contribution in [0.5, 0.6) is 0 Å². The highest BCUT2D eigenvalue weighted by Crippen LogP contribution is 2.18. The molecule has 0 radical (unpaired) electrons. The Morgan fingerprint density at radius 1 is 1.75 bits per heavy atom. The zero-order valence-electron chi connectivity index (χ0n) is 6.83. The van der Waals surface area contributed by atoms with Crippen LogP contribution in [0.15, 0.2) is 12.5 Å². The number of imidazole rings is 1. The summed E-state index contributed by atoms with van der Waals surface area (Å²) in [5.41, 5.74) is 1.26. The first-order chi connectivity index (χ1) is 5.92. The molecule has 0 aliphatic carbocycles. The zero-order valence-corrected chi connectivity index (χ0v) is 6.83. The van der Waals surface area contributed by atoms with Crippen LogP contribution >= 0.6 is 0 Å². The molecule has 3 heteroatoms. The number of hydrogen-bond acceptors (Lipinski definition) is 2. The maximum Gasteiger partial charge on any atom is 0.0956 e. The predicted molar refractivity (Wildman–Crippen MR) is 46.7 cm³/mol. The van der Waals surface area contributed by atoms with Crippen LogP contribution in [0.25, 0.3) is 0 Å². The largest absolute Gasteiger partial charge is 0.323 e. The van der Waals surface area contributed by atoms with Gasteiger partial charge in [-0.1, -0.05) is 5.92 Å². The van der Waals surface area contributed by atoms with Crippen molar-refractivity contribution in [2.24, 2.45) is 0 Å². The lowest BCUT2D eigenvalue weighted by molar-refractivity contribution is 0.428. The van der Waals surface area contributed by atoms with Gasteiger partial charge in [-0.2, -0.15) is 0 Å². The van der Waals surface area contributed by atoms with E-state index in [0.29, 0.717) is 12.5 Å². The molecule has 0 atom stereocenters. The first-order valence-electron chi connectivity index (χ1n) is 4.06. The minimum atomic E-state index is 0.612. The molecule has 0 spiro atoms. The average molecular weight is 161 g/mol. The Morgan fingerprint density at radius 3 is 3.17 bits per heavy atom. The summed E-state index contributed by atoms with van der Waals surface area (Å²) in [5, 5.41) is 3.23. The molecule has 2 rings (SSSR count). The maximum absolute atomic E-state index is 5.23. The zero-order chi connectivity index (χ0) is 8.39. The van der Waals surface area contributed by atoms with Gasteiger partial charge in [0, 0.05) is 30.9 Å². The van der Waals surface area contributed by atoms with E-state index in [1.807, 2.05) is 10.8 Å². The van der Waals surface area contributed by atoms with Crippen LogP contribution in [0, 0.1) is 12.3 Å². The minimum absolute atomic E-state index is 0.612. The molecule has 1 aromatic heterocycles. The van der Waals surface area contributed by atoms with Crippen LogP contribution in [0.2, 0.25) is 0 Å². The Morgan fingerprint density at radius 2 is 2.58 bits per heavy atom. The van der Waals surface area contributed by atoms with E-state index in [4.69, 9.17) is 6.42 Å². The average Bonchev–Trinajstić information content (AvgIpc) is 2.35. The minimum Gasteiger partial charge on any atom is -0.323 e. The maximum atomic E-state index is 5.23. The summed E-state index contributed by atoms with van der Waals surface area (Å²) in [6.45, 7) is 2.73. The Labute approximate surface area is 71.8 Å². The summed E-state index contributed by atoms with van der Waals surface area (Å²) in [7, 11) is 0. The van der Waals surface area contributed by atoms with Crippen molar-refractivity contribution in [2.75, 3.05) is 13.1 Å². The molecule has 0 saturated carbocycles. The summed E-state index contributed by atoms with van der Waals surface area (Å²) in [6.07, 6.45) is 8.94. The Bertz CT molecular complexity index is 304. The lowest BCUT2D eigenvalue weighted by Crippen LogP contribution is -2.40. The van der Waals surface area contributed by atoms with E-state index in [1.54, 1.807) is 6.33 Å². The molecular formula is C9H11N3. The van der Waals surface area contributed by atoms with Crippen LogP contribution in [-0.2, 0) is 6.54 Å². The van der Waals surface area contributed by atoms with E-state index in [2.05, 4.69) is 16.2 Å². The van der Waals surface area contributed by atoms with Crippen LogP contribution in [-0.4, -0.2) is 22.6 Å². The Balaban J connectivity index is 2.19. The lowest BCUT2D eigenvalue weighted by Gasteiger charge is -2.27. The molecule has 0 aromatic carbocycles. The fourth-order valence-corrected chi connectivity index (χ4v) is 1.40. The second kappa shape index (κ2) is 3.00. The van der Waals surface area contributed by atoms with Crippen molar-refractivity contribution in [1.82, 2.24) is 14.9 Å². The first-order valence-corrected chi connectivity index (χ1v) is 4.06. The van der Waals surface area contributed by atoms with Gasteiger partial charge in [-0.05, 0) is 0 Å². The summed E-state index contributed by atoms with van der Waals surface area (Å²) in [6, 6.07) is 0. The molecular weight excluding hydrogens is 150 g/mol. The summed E-state index contributed by atoms with van der Waals surface area (Å²) in [4.78, 5) is 4.08. The van der Waals surface area contributed by atoms with Crippen molar-refractivity contribution in [3.05, 3.63) is 18.2 Å². The topological polar surface area (TPSA) is 29.9 Å². The summed E-state index contributed by atoms with van der Waals surface area (Å²) >= 11 is 0. The van der Waals surface area contributed by atoms with Gasteiger partial charge in [-0.3, -0.25) is 0 Å². The Hall–Kier alpha value is -1.27. The van der Waals surface area contributed by atoms with Crippen molar-refractivity contribution >= 4 is 0 Å². The van der Waals surface area contributed by atoms with Gasteiger partial charge in [0.2, 0.25) is 0 Å². The summed E-state index contributed by atoms with van der Waals surface area (Å²) < 4.78 is 2.03. The van der Waals surface area contributed by atoms with Gasteiger partial charge < -0.3 is 9.88 Å². The SMILES string of the molecule is C#CCn1cncc1C1CNC1. The van der Waals surface area contributed by atoms with Crippen LogP contribution < -0.4 is 5.32 Å². The molecule has 1 aliphatic heterocycles. The van der Waals surface area contributed by atoms with E-state index in [0.717, 1.165) is 13.1 Å². The number of aromatic nitrogens is 2. The van der Waals surface area contributed by atoms with Gasteiger partial charge >= 0.3 is 0 Å². The third kappa shape index (κ3) is 1.10. The van der Waals surface area contributed by atoms with Crippen LogP contribution in [0.1, 0.15) is 11.6 Å². The van der Waals surface area contributed by atoms with Crippen molar-refractivity contribution in [3.8, 4) is 12.3 Å². The Kier molecular flexibility index (Phi) is 1.84. The number of terminal acetylenes is 1. The smallest absolute Gasteiger partial charge is 0.0956 e. The molecule has 1 aromatic rings. The number of hydrogen-bond donors (Lipinski definition) is 1.